The van der Waals surface area contributed by atoms with E-state index >= 15 is 0 Å². The highest BCUT2D eigenvalue weighted by molar-refractivity contribution is 7.92. The van der Waals surface area contributed by atoms with Gasteiger partial charge in [0.1, 0.15) is 10.0 Å². The Morgan fingerprint density at radius 3 is 2.04 bits per heavy atom. The number of rotatable bonds is 5. The van der Waals surface area contributed by atoms with Gasteiger partial charge in [-0.2, -0.15) is 4.31 Å². The zero-order valence-corrected chi connectivity index (χ0v) is 18.0. The molecule has 0 saturated carbocycles. The fraction of sp³-hybridized carbons (Fsp3) is 0.353. The van der Waals surface area contributed by atoms with Crippen molar-refractivity contribution in [3.63, 3.8) is 0 Å². The smallest absolute Gasteiger partial charge is 0.264 e. The number of benzene rings is 1. The maximum atomic E-state index is 12.8. The lowest BCUT2D eigenvalue weighted by Crippen LogP contribution is -2.31. The number of pyridine rings is 1. The lowest BCUT2D eigenvalue weighted by Gasteiger charge is -2.20. The molecule has 1 aliphatic heterocycles. The van der Waals surface area contributed by atoms with Crippen molar-refractivity contribution in [1.82, 2.24) is 9.29 Å². The Morgan fingerprint density at radius 2 is 1.46 bits per heavy atom. The molecule has 0 radical (unpaired) electrons. The summed E-state index contributed by atoms with van der Waals surface area (Å²) in [5, 5.41) is -0.174. The van der Waals surface area contributed by atoms with Gasteiger partial charge in [0.15, 0.2) is 5.15 Å². The summed E-state index contributed by atoms with van der Waals surface area (Å²) in [5.41, 5.74) is 0.209. The van der Waals surface area contributed by atoms with Gasteiger partial charge in [-0.15, -0.1) is 0 Å². The third-order valence-corrected chi connectivity index (χ3v) is 8.32. The van der Waals surface area contributed by atoms with Crippen molar-refractivity contribution in [2.24, 2.45) is 0 Å². The van der Waals surface area contributed by atoms with E-state index in [-0.39, 0.29) is 25.8 Å². The molecule has 0 amide bonds. The molecule has 1 aliphatic rings. The number of aromatic nitrogens is 1. The highest BCUT2D eigenvalue weighted by Gasteiger charge is 2.25. The van der Waals surface area contributed by atoms with Crippen molar-refractivity contribution in [3.8, 4) is 0 Å². The highest BCUT2D eigenvalue weighted by atomic mass is 35.5. The summed E-state index contributed by atoms with van der Waals surface area (Å²) in [5.74, 6) is 0. The minimum Gasteiger partial charge on any atom is -0.280 e. The molecule has 0 spiro atoms. The molecular weight excluding hydrogens is 445 g/mol. The Bertz CT molecular complexity index is 1050. The lowest BCUT2D eigenvalue weighted by molar-refractivity contribution is 0.424. The molecule has 3 rings (SSSR count). The van der Waals surface area contributed by atoms with Crippen molar-refractivity contribution in [2.75, 3.05) is 17.8 Å². The van der Waals surface area contributed by atoms with Gasteiger partial charge in [0.2, 0.25) is 10.0 Å². The Labute approximate surface area is 174 Å². The van der Waals surface area contributed by atoms with Crippen molar-refractivity contribution in [2.45, 2.75) is 35.5 Å². The molecule has 2 aromatic rings. The van der Waals surface area contributed by atoms with E-state index in [1.807, 2.05) is 0 Å². The SMILES string of the molecule is O=S(=O)(Nc1ccc(S(=O)(=O)N2CCCCCC2)cc1)c1ccc(Cl)nc1Cl. The first-order chi connectivity index (χ1) is 13.2. The molecule has 11 heteroatoms. The van der Waals surface area contributed by atoms with E-state index in [2.05, 4.69) is 9.71 Å². The van der Waals surface area contributed by atoms with Crippen LogP contribution in [0, 0.1) is 0 Å². The summed E-state index contributed by atoms with van der Waals surface area (Å²) >= 11 is 11.6. The summed E-state index contributed by atoms with van der Waals surface area (Å²) in [4.78, 5) is 3.62. The van der Waals surface area contributed by atoms with Crippen LogP contribution in [0.2, 0.25) is 10.3 Å². The number of nitrogens with one attached hydrogen (secondary N) is 1. The van der Waals surface area contributed by atoms with Gasteiger partial charge >= 0.3 is 0 Å². The molecule has 7 nitrogen and oxygen atoms in total. The van der Waals surface area contributed by atoms with Gasteiger partial charge in [-0.25, -0.2) is 21.8 Å². The Hall–Kier alpha value is -1.39. The fourth-order valence-electron chi connectivity index (χ4n) is 2.94. The molecule has 0 bridgehead atoms. The molecule has 1 aromatic carbocycles. The first-order valence-electron chi connectivity index (χ1n) is 8.65. The number of nitrogens with zero attached hydrogens (tertiary/aromatic N) is 2. The van der Waals surface area contributed by atoms with E-state index in [1.54, 1.807) is 0 Å². The Kier molecular flexibility index (Phi) is 6.51. The molecule has 0 aliphatic carbocycles. The number of halogens is 2. The van der Waals surface area contributed by atoms with E-state index in [0.717, 1.165) is 25.7 Å². The van der Waals surface area contributed by atoms with Crippen LogP contribution in [0.3, 0.4) is 0 Å². The van der Waals surface area contributed by atoms with Gasteiger partial charge in [-0.1, -0.05) is 36.0 Å². The normalized spacial score (nSPS) is 16.5. The van der Waals surface area contributed by atoms with E-state index in [1.165, 1.54) is 40.7 Å². The van der Waals surface area contributed by atoms with Crippen molar-refractivity contribution in [3.05, 3.63) is 46.7 Å². The molecule has 28 heavy (non-hydrogen) atoms. The summed E-state index contributed by atoms with van der Waals surface area (Å²) < 4.78 is 54.4. The van der Waals surface area contributed by atoms with Gasteiger partial charge in [-0.05, 0) is 49.2 Å². The minimum absolute atomic E-state index is 0.0759. The van der Waals surface area contributed by atoms with Gasteiger partial charge in [0.05, 0.1) is 4.90 Å². The summed E-state index contributed by atoms with van der Waals surface area (Å²) in [6, 6.07) is 8.15. The first-order valence-corrected chi connectivity index (χ1v) is 12.3. The van der Waals surface area contributed by atoms with Gasteiger partial charge in [0.25, 0.3) is 10.0 Å². The molecule has 1 saturated heterocycles. The molecule has 1 aromatic heterocycles. The van der Waals surface area contributed by atoms with Gasteiger partial charge in [0, 0.05) is 18.8 Å². The number of hydrogen-bond donors (Lipinski definition) is 1. The van der Waals surface area contributed by atoms with Crippen LogP contribution in [0.4, 0.5) is 5.69 Å². The fourth-order valence-corrected chi connectivity index (χ4v) is 6.17. The van der Waals surface area contributed by atoms with Crippen LogP contribution in [0.1, 0.15) is 25.7 Å². The largest absolute Gasteiger partial charge is 0.280 e. The van der Waals surface area contributed by atoms with Crippen molar-refractivity contribution in [1.29, 1.82) is 0 Å². The lowest BCUT2D eigenvalue weighted by atomic mass is 10.2. The van der Waals surface area contributed by atoms with Crippen LogP contribution in [0.25, 0.3) is 0 Å². The predicted octanol–water partition coefficient (Wildman–Crippen LogP) is 3.75. The standard InChI is InChI=1S/C17H19Cl2N3O4S2/c18-16-10-9-15(17(19)20-16)27(23,24)21-13-5-7-14(8-6-13)28(25,26)22-11-3-1-2-4-12-22/h5-10,21H,1-4,11-12H2. The minimum atomic E-state index is -4.00. The maximum absolute atomic E-state index is 12.8. The Balaban J connectivity index is 1.80. The van der Waals surface area contributed by atoms with E-state index in [0.29, 0.717) is 13.1 Å². The zero-order valence-electron chi connectivity index (χ0n) is 14.8. The average Bonchev–Trinajstić information content (AvgIpc) is 2.91. The molecular formula is C17H19Cl2N3O4S2. The number of sulfonamides is 2. The van der Waals surface area contributed by atoms with E-state index in [9.17, 15) is 16.8 Å². The second-order valence-electron chi connectivity index (χ2n) is 6.37. The third-order valence-electron chi connectivity index (χ3n) is 4.38. The molecule has 152 valence electrons. The summed E-state index contributed by atoms with van der Waals surface area (Å²) in [7, 11) is -7.60. The zero-order chi connectivity index (χ0) is 20.4. The first kappa shape index (κ1) is 21.3. The monoisotopic (exact) mass is 463 g/mol. The van der Waals surface area contributed by atoms with Gasteiger partial charge < -0.3 is 0 Å². The molecule has 1 fully saturated rings. The molecule has 2 heterocycles. The molecule has 0 atom stereocenters. The second-order valence-corrected chi connectivity index (χ2v) is 10.7. The number of anilines is 1. The van der Waals surface area contributed by atoms with Gasteiger partial charge in [-0.3, -0.25) is 4.72 Å². The number of hydrogen-bond acceptors (Lipinski definition) is 5. The van der Waals surface area contributed by atoms with E-state index in [4.69, 9.17) is 23.2 Å². The summed E-state index contributed by atoms with van der Waals surface area (Å²) in [6.45, 7) is 0.998. The van der Waals surface area contributed by atoms with Crippen molar-refractivity contribution >= 4 is 48.9 Å². The van der Waals surface area contributed by atoms with Crippen LogP contribution in [-0.4, -0.2) is 39.2 Å². The van der Waals surface area contributed by atoms with Crippen LogP contribution >= 0.6 is 23.2 Å². The molecule has 1 N–H and O–H groups in total. The van der Waals surface area contributed by atoms with Crippen LogP contribution in [0.5, 0.6) is 0 Å². The summed E-state index contributed by atoms with van der Waals surface area (Å²) in [6.07, 6.45) is 3.73. The van der Waals surface area contributed by atoms with Crippen LogP contribution < -0.4 is 4.72 Å². The van der Waals surface area contributed by atoms with Crippen molar-refractivity contribution < 1.29 is 16.8 Å². The highest BCUT2D eigenvalue weighted by Crippen LogP contribution is 2.26. The van der Waals surface area contributed by atoms with Crippen LogP contribution in [-0.2, 0) is 20.0 Å². The third kappa shape index (κ3) is 4.77. The predicted molar refractivity (Wildman–Crippen MR) is 109 cm³/mol. The topological polar surface area (TPSA) is 96.4 Å². The second kappa shape index (κ2) is 8.54. The Morgan fingerprint density at radius 1 is 0.857 bits per heavy atom. The van der Waals surface area contributed by atoms with Crippen LogP contribution in [0.15, 0.2) is 46.2 Å². The van der Waals surface area contributed by atoms with E-state index < -0.39 is 20.0 Å². The average molecular weight is 464 g/mol. The molecule has 0 unspecified atom stereocenters. The quantitative estimate of drug-likeness (QED) is 0.680. The maximum Gasteiger partial charge on any atom is 0.264 e.